The molecule has 0 unspecified atom stereocenters. The topological polar surface area (TPSA) is 38.3 Å². The van der Waals surface area contributed by atoms with E-state index in [1.165, 1.54) is 0 Å². The van der Waals surface area contributed by atoms with Crippen LogP contribution in [0.4, 0.5) is 0 Å². The van der Waals surface area contributed by atoms with Gasteiger partial charge in [0.15, 0.2) is 0 Å². The Bertz CT molecular complexity index is 129. The Morgan fingerprint density at radius 3 is 3.00 bits per heavy atom. The number of hydrogen-bond donors (Lipinski definition) is 1. The Balaban J connectivity index is 3.09. The van der Waals surface area contributed by atoms with E-state index in [0.29, 0.717) is 0 Å². The Morgan fingerprint density at radius 2 is 2.56 bits per heavy atom. The smallest absolute Gasteiger partial charge is 0.258 e. The summed E-state index contributed by atoms with van der Waals surface area (Å²) in [7, 11) is 0. The Hall–Kier alpha value is -0.720. The van der Waals surface area contributed by atoms with Crippen LogP contribution in [0.15, 0.2) is 0 Å². The van der Waals surface area contributed by atoms with Gasteiger partial charge in [-0.25, -0.2) is 5.48 Å². The van der Waals surface area contributed by atoms with Crippen LogP contribution in [0.2, 0.25) is 0 Å². The molecule has 0 saturated heterocycles. The summed E-state index contributed by atoms with van der Waals surface area (Å²) in [5, 5.41) is 0. The highest BCUT2D eigenvalue weighted by atomic mass is 35.5. The zero-order chi connectivity index (χ0) is 7.11. The van der Waals surface area contributed by atoms with Gasteiger partial charge in [-0.05, 0) is 0 Å². The molecule has 0 heterocycles. The van der Waals surface area contributed by atoms with E-state index in [1.807, 2.05) is 5.48 Å². The lowest BCUT2D eigenvalue weighted by Gasteiger charge is -1.97. The minimum Gasteiger partial charge on any atom is -0.271 e. The molecule has 0 radical (unpaired) electrons. The van der Waals surface area contributed by atoms with Crippen LogP contribution in [0.5, 0.6) is 0 Å². The molecular weight excluding hydrogens is 142 g/mol. The van der Waals surface area contributed by atoms with E-state index in [2.05, 4.69) is 10.8 Å². The summed E-state index contributed by atoms with van der Waals surface area (Å²) in [6.45, 7) is 0.0582. The molecule has 0 bridgehead atoms. The van der Waals surface area contributed by atoms with Gasteiger partial charge in [0.2, 0.25) is 0 Å². The van der Waals surface area contributed by atoms with Crippen LogP contribution in [0.1, 0.15) is 0 Å². The van der Waals surface area contributed by atoms with E-state index >= 15 is 0 Å². The molecular formula is C5H6ClNO2. The normalized spacial score (nSPS) is 8.00. The highest BCUT2D eigenvalue weighted by Gasteiger charge is 1.93. The number of alkyl halides is 1. The summed E-state index contributed by atoms with van der Waals surface area (Å²) in [6.07, 6.45) is 4.80. The average Bonchev–Trinajstić information content (AvgIpc) is 1.89. The van der Waals surface area contributed by atoms with Crippen LogP contribution in [0.3, 0.4) is 0 Å². The summed E-state index contributed by atoms with van der Waals surface area (Å²) < 4.78 is 0. The number of amides is 1. The van der Waals surface area contributed by atoms with Crippen molar-refractivity contribution in [1.82, 2.24) is 5.48 Å². The number of rotatable bonds is 3. The number of hydrogen-bond acceptors (Lipinski definition) is 2. The quantitative estimate of drug-likeness (QED) is 0.262. The minimum absolute atomic E-state index is 0.0582. The second kappa shape index (κ2) is 5.42. The number of carbonyl (C=O) groups is 1. The van der Waals surface area contributed by atoms with Gasteiger partial charge in [-0.2, -0.15) is 0 Å². The summed E-state index contributed by atoms with van der Waals surface area (Å²) >= 11 is 5.09. The SMILES string of the molecule is C#CCONC(=O)CCl. The second-order valence-electron chi connectivity index (χ2n) is 1.15. The van der Waals surface area contributed by atoms with Gasteiger partial charge < -0.3 is 0 Å². The fraction of sp³-hybridized carbons (Fsp3) is 0.400. The first-order valence-electron chi connectivity index (χ1n) is 2.21. The summed E-state index contributed by atoms with van der Waals surface area (Å²) in [6, 6.07) is 0. The molecule has 0 rings (SSSR count). The van der Waals surface area contributed by atoms with Crippen LogP contribution >= 0.6 is 11.6 Å². The number of nitrogens with one attached hydrogen (secondary N) is 1. The molecule has 0 aromatic carbocycles. The predicted molar refractivity (Wildman–Crippen MR) is 33.6 cm³/mol. The lowest BCUT2D eigenvalue weighted by molar-refractivity contribution is -0.129. The van der Waals surface area contributed by atoms with Crippen molar-refractivity contribution in [3.05, 3.63) is 0 Å². The Morgan fingerprint density at radius 1 is 1.89 bits per heavy atom. The van der Waals surface area contributed by atoms with Gasteiger partial charge in [-0.15, -0.1) is 18.0 Å². The van der Waals surface area contributed by atoms with Crippen molar-refractivity contribution in [3.63, 3.8) is 0 Å². The molecule has 0 aliphatic carbocycles. The maximum atomic E-state index is 10.2. The van der Waals surface area contributed by atoms with Crippen molar-refractivity contribution in [1.29, 1.82) is 0 Å². The van der Waals surface area contributed by atoms with Gasteiger partial charge in [0.1, 0.15) is 12.5 Å². The number of terminal acetylenes is 1. The summed E-state index contributed by atoms with van der Waals surface area (Å²) in [5.41, 5.74) is 2.02. The highest BCUT2D eigenvalue weighted by molar-refractivity contribution is 6.27. The van der Waals surface area contributed by atoms with Gasteiger partial charge in [-0.3, -0.25) is 9.63 Å². The van der Waals surface area contributed by atoms with Crippen molar-refractivity contribution >= 4 is 17.5 Å². The third-order valence-corrected chi connectivity index (χ3v) is 0.706. The van der Waals surface area contributed by atoms with Gasteiger partial charge in [0.05, 0.1) is 0 Å². The van der Waals surface area contributed by atoms with Crippen LogP contribution in [-0.4, -0.2) is 18.4 Å². The third kappa shape index (κ3) is 5.15. The molecule has 1 amide bonds. The molecule has 0 atom stereocenters. The van der Waals surface area contributed by atoms with Crippen molar-refractivity contribution in [2.45, 2.75) is 0 Å². The molecule has 0 aliphatic heterocycles. The largest absolute Gasteiger partial charge is 0.271 e. The van der Waals surface area contributed by atoms with Gasteiger partial charge >= 0.3 is 0 Å². The molecule has 1 N–H and O–H groups in total. The molecule has 0 fully saturated rings. The molecule has 50 valence electrons. The fourth-order valence-electron chi connectivity index (χ4n) is 0.186. The van der Waals surface area contributed by atoms with E-state index < -0.39 is 5.91 Å². The lowest BCUT2D eigenvalue weighted by Crippen LogP contribution is -2.24. The highest BCUT2D eigenvalue weighted by Crippen LogP contribution is 1.73. The monoisotopic (exact) mass is 147 g/mol. The maximum Gasteiger partial charge on any atom is 0.258 e. The zero-order valence-electron chi connectivity index (χ0n) is 4.69. The average molecular weight is 148 g/mol. The van der Waals surface area contributed by atoms with Crippen molar-refractivity contribution in [2.75, 3.05) is 12.5 Å². The second-order valence-corrected chi connectivity index (χ2v) is 1.42. The molecule has 0 saturated carbocycles. The van der Waals surface area contributed by atoms with Gasteiger partial charge in [-0.1, -0.05) is 5.92 Å². The Kier molecular flexibility index (Phi) is 4.98. The Labute approximate surface area is 58.3 Å². The first-order chi connectivity index (χ1) is 4.31. The van der Waals surface area contributed by atoms with Gasteiger partial charge in [0.25, 0.3) is 5.91 Å². The molecule has 0 spiro atoms. The molecule has 0 aromatic heterocycles. The molecule has 3 nitrogen and oxygen atoms in total. The van der Waals surface area contributed by atoms with Crippen LogP contribution < -0.4 is 5.48 Å². The molecule has 0 aromatic rings. The van der Waals surface area contributed by atoms with Crippen LogP contribution in [0, 0.1) is 12.3 Å². The lowest BCUT2D eigenvalue weighted by atomic mass is 10.7. The first-order valence-corrected chi connectivity index (χ1v) is 2.74. The number of carbonyl (C=O) groups excluding carboxylic acids is 1. The van der Waals surface area contributed by atoms with E-state index in [9.17, 15) is 4.79 Å². The number of hydroxylamine groups is 1. The van der Waals surface area contributed by atoms with Crippen LogP contribution in [0.25, 0.3) is 0 Å². The third-order valence-electron chi connectivity index (χ3n) is 0.463. The molecule has 0 aliphatic rings. The molecule has 9 heavy (non-hydrogen) atoms. The van der Waals surface area contributed by atoms with E-state index in [0.717, 1.165) is 0 Å². The zero-order valence-corrected chi connectivity index (χ0v) is 5.44. The minimum atomic E-state index is -0.396. The predicted octanol–water partition coefficient (Wildman–Crippen LogP) is -0.0938. The summed E-state index contributed by atoms with van der Waals surface area (Å²) in [4.78, 5) is 14.7. The summed E-state index contributed by atoms with van der Waals surface area (Å²) in [5.74, 6) is 1.65. The van der Waals surface area contributed by atoms with Crippen molar-refractivity contribution < 1.29 is 9.63 Å². The molecule has 4 heteroatoms. The maximum absolute atomic E-state index is 10.2. The fourth-order valence-corrected chi connectivity index (χ4v) is 0.240. The van der Waals surface area contributed by atoms with Crippen LogP contribution in [-0.2, 0) is 9.63 Å². The van der Waals surface area contributed by atoms with E-state index in [4.69, 9.17) is 18.0 Å². The van der Waals surface area contributed by atoms with Gasteiger partial charge in [0, 0.05) is 0 Å². The number of halogens is 1. The standard InChI is InChI=1S/C5H6ClNO2/c1-2-3-9-7-5(8)4-6/h1H,3-4H2,(H,7,8). The van der Waals surface area contributed by atoms with E-state index in [-0.39, 0.29) is 12.5 Å². The van der Waals surface area contributed by atoms with E-state index in [1.54, 1.807) is 0 Å². The first kappa shape index (κ1) is 8.28. The van der Waals surface area contributed by atoms with Crippen molar-refractivity contribution in [2.24, 2.45) is 0 Å². The van der Waals surface area contributed by atoms with Crippen molar-refractivity contribution in [3.8, 4) is 12.3 Å².